The largest absolute Gasteiger partial charge is 0.357 e. The van der Waals surface area contributed by atoms with Gasteiger partial charge in [0.05, 0.1) is 5.56 Å². The van der Waals surface area contributed by atoms with E-state index >= 15 is 0 Å². The summed E-state index contributed by atoms with van der Waals surface area (Å²) < 4.78 is 1.76. The van der Waals surface area contributed by atoms with Crippen LogP contribution < -0.4 is 5.32 Å². The van der Waals surface area contributed by atoms with Crippen LogP contribution in [-0.4, -0.2) is 36.3 Å². The van der Waals surface area contributed by atoms with Crippen LogP contribution in [0.25, 0.3) is 0 Å². The van der Waals surface area contributed by atoms with Crippen LogP contribution in [0.5, 0.6) is 0 Å². The van der Waals surface area contributed by atoms with Crippen LogP contribution in [-0.2, 0) is 4.79 Å². The van der Waals surface area contributed by atoms with Crippen LogP contribution in [0.1, 0.15) is 23.2 Å². The summed E-state index contributed by atoms with van der Waals surface area (Å²) in [5.74, 6) is -0.177. The first-order valence-corrected chi connectivity index (χ1v) is 7.89. The third kappa shape index (κ3) is 3.10. The predicted octanol–water partition coefficient (Wildman–Crippen LogP) is 2.40. The number of rotatable bonds is 2. The molecule has 102 valence electrons. The lowest BCUT2D eigenvalue weighted by atomic mass is 10.1. The summed E-state index contributed by atoms with van der Waals surface area (Å²) in [6.45, 7) is 0.634. The van der Waals surface area contributed by atoms with Gasteiger partial charge in [0, 0.05) is 21.6 Å². The molecule has 1 heterocycles. The van der Waals surface area contributed by atoms with Gasteiger partial charge in [-0.15, -0.1) is 0 Å². The van der Waals surface area contributed by atoms with Crippen LogP contribution in [0.15, 0.2) is 22.7 Å². The Labute approximate surface area is 134 Å². The summed E-state index contributed by atoms with van der Waals surface area (Å²) in [5, 5.41) is 2.62. The maximum Gasteiger partial charge on any atom is 0.255 e. The molecule has 0 radical (unpaired) electrons. The van der Waals surface area contributed by atoms with Gasteiger partial charge in [0.2, 0.25) is 5.91 Å². The molecule has 1 aliphatic rings. The molecule has 1 N–H and O–H groups in total. The Balaban J connectivity index is 2.28. The van der Waals surface area contributed by atoms with Gasteiger partial charge < -0.3 is 10.2 Å². The summed E-state index contributed by atoms with van der Waals surface area (Å²) in [5.41, 5.74) is 0.614. The molecule has 2 amide bonds. The molecule has 0 spiro atoms. The highest BCUT2D eigenvalue weighted by Crippen LogP contribution is 2.25. The molecular formula is C13H14BrIN2O2. The van der Waals surface area contributed by atoms with Crippen molar-refractivity contribution in [1.82, 2.24) is 10.2 Å². The number of amides is 2. The highest BCUT2D eigenvalue weighted by atomic mass is 127. The molecule has 1 aromatic rings. The topological polar surface area (TPSA) is 49.4 Å². The van der Waals surface area contributed by atoms with Crippen LogP contribution in [0.3, 0.4) is 0 Å². The zero-order valence-electron chi connectivity index (χ0n) is 10.5. The molecule has 0 aliphatic carbocycles. The zero-order valence-corrected chi connectivity index (χ0v) is 14.2. The van der Waals surface area contributed by atoms with Gasteiger partial charge in [0.15, 0.2) is 0 Å². The number of halogens is 2. The van der Waals surface area contributed by atoms with E-state index in [2.05, 4.69) is 43.8 Å². The van der Waals surface area contributed by atoms with Crippen LogP contribution >= 0.6 is 38.5 Å². The highest BCUT2D eigenvalue weighted by molar-refractivity contribution is 14.1. The third-order valence-corrected chi connectivity index (χ3v) is 4.58. The standard InChI is InChI=1S/C13H14BrIN2O2/c1-16-12(18)11-3-2-6-17(11)13(19)9-7-8(15)4-5-10(9)14/h4-5,7,11H,2-3,6H2,1H3,(H,16,18). The highest BCUT2D eigenvalue weighted by Gasteiger charge is 2.34. The van der Waals surface area contributed by atoms with Crippen molar-refractivity contribution < 1.29 is 9.59 Å². The van der Waals surface area contributed by atoms with Crippen molar-refractivity contribution in [3.8, 4) is 0 Å². The van der Waals surface area contributed by atoms with Crippen molar-refractivity contribution >= 4 is 50.3 Å². The summed E-state index contributed by atoms with van der Waals surface area (Å²) in [4.78, 5) is 26.0. The normalized spacial score (nSPS) is 18.5. The molecule has 6 heteroatoms. The number of likely N-dealkylation sites (N-methyl/N-ethyl adjacent to an activating group) is 1. The van der Waals surface area contributed by atoms with E-state index in [1.807, 2.05) is 18.2 Å². The molecule has 1 saturated heterocycles. The molecule has 1 atom stereocenters. The number of carbonyl (C=O) groups excluding carboxylic acids is 2. The number of benzene rings is 1. The molecule has 0 saturated carbocycles. The number of likely N-dealkylation sites (tertiary alicyclic amines) is 1. The summed E-state index contributed by atoms with van der Waals surface area (Å²) in [6, 6.07) is 5.29. The van der Waals surface area contributed by atoms with Crippen molar-refractivity contribution in [3.63, 3.8) is 0 Å². The maximum absolute atomic E-state index is 12.6. The Bertz CT molecular complexity index is 521. The average molecular weight is 437 g/mol. The molecule has 1 fully saturated rings. The molecule has 1 aliphatic heterocycles. The molecule has 19 heavy (non-hydrogen) atoms. The molecule has 4 nitrogen and oxygen atoms in total. The van der Waals surface area contributed by atoms with E-state index in [0.29, 0.717) is 12.1 Å². The van der Waals surface area contributed by atoms with E-state index in [0.717, 1.165) is 20.9 Å². The first-order chi connectivity index (χ1) is 9.04. The summed E-state index contributed by atoms with van der Waals surface area (Å²) >= 11 is 5.57. The van der Waals surface area contributed by atoms with Crippen LogP contribution in [0.2, 0.25) is 0 Å². The molecule has 1 aromatic carbocycles. The first-order valence-electron chi connectivity index (χ1n) is 6.02. The van der Waals surface area contributed by atoms with E-state index in [1.54, 1.807) is 11.9 Å². The Hall–Kier alpha value is -0.630. The van der Waals surface area contributed by atoms with Gasteiger partial charge in [-0.3, -0.25) is 9.59 Å². The van der Waals surface area contributed by atoms with Gasteiger partial charge in [0.1, 0.15) is 6.04 Å². The van der Waals surface area contributed by atoms with E-state index in [-0.39, 0.29) is 17.9 Å². The molecule has 1 unspecified atom stereocenters. The fourth-order valence-corrected chi connectivity index (χ4v) is 3.17. The monoisotopic (exact) mass is 436 g/mol. The Kier molecular flexibility index (Phi) is 4.83. The van der Waals surface area contributed by atoms with Crippen molar-refractivity contribution in [2.45, 2.75) is 18.9 Å². The average Bonchev–Trinajstić information content (AvgIpc) is 2.89. The lowest BCUT2D eigenvalue weighted by Gasteiger charge is -2.24. The van der Waals surface area contributed by atoms with Crippen LogP contribution in [0.4, 0.5) is 0 Å². The van der Waals surface area contributed by atoms with Gasteiger partial charge >= 0.3 is 0 Å². The van der Waals surface area contributed by atoms with Crippen molar-refractivity contribution in [3.05, 3.63) is 31.8 Å². The first kappa shape index (κ1) is 14.8. The number of nitrogens with zero attached hydrogens (tertiary/aromatic N) is 1. The van der Waals surface area contributed by atoms with Gasteiger partial charge in [-0.05, 0) is 69.6 Å². The molecule has 0 aromatic heterocycles. The second kappa shape index (κ2) is 6.21. The Morgan fingerprint density at radius 1 is 1.47 bits per heavy atom. The van der Waals surface area contributed by atoms with E-state index in [1.165, 1.54) is 0 Å². The SMILES string of the molecule is CNC(=O)C1CCCN1C(=O)c1cc(I)ccc1Br. The van der Waals surface area contributed by atoms with Gasteiger partial charge in [-0.2, -0.15) is 0 Å². The molecule has 2 rings (SSSR count). The zero-order chi connectivity index (χ0) is 14.0. The van der Waals surface area contributed by atoms with E-state index < -0.39 is 0 Å². The molecular weight excluding hydrogens is 423 g/mol. The molecule has 0 bridgehead atoms. The minimum atomic E-state index is -0.345. The van der Waals surface area contributed by atoms with E-state index in [9.17, 15) is 9.59 Å². The lowest BCUT2D eigenvalue weighted by molar-refractivity contribution is -0.124. The maximum atomic E-state index is 12.6. The van der Waals surface area contributed by atoms with E-state index in [4.69, 9.17) is 0 Å². The predicted molar refractivity (Wildman–Crippen MR) is 85.0 cm³/mol. The van der Waals surface area contributed by atoms with Crippen molar-refractivity contribution in [2.24, 2.45) is 0 Å². The Morgan fingerprint density at radius 2 is 2.21 bits per heavy atom. The van der Waals surface area contributed by atoms with Gasteiger partial charge in [-0.25, -0.2) is 0 Å². The van der Waals surface area contributed by atoms with Gasteiger partial charge in [0.25, 0.3) is 5.91 Å². The van der Waals surface area contributed by atoms with Crippen molar-refractivity contribution in [1.29, 1.82) is 0 Å². The quantitative estimate of drug-likeness (QED) is 0.723. The second-order valence-corrected chi connectivity index (χ2v) is 6.49. The van der Waals surface area contributed by atoms with Crippen LogP contribution in [0, 0.1) is 3.57 Å². The fourth-order valence-electron chi connectivity index (χ4n) is 2.27. The fraction of sp³-hybridized carbons (Fsp3) is 0.385. The summed E-state index contributed by atoms with van der Waals surface area (Å²) in [6.07, 6.45) is 1.60. The van der Waals surface area contributed by atoms with Gasteiger partial charge in [-0.1, -0.05) is 0 Å². The number of nitrogens with one attached hydrogen (secondary N) is 1. The number of carbonyl (C=O) groups is 2. The summed E-state index contributed by atoms with van der Waals surface area (Å²) in [7, 11) is 1.60. The van der Waals surface area contributed by atoms with Crippen molar-refractivity contribution in [2.75, 3.05) is 13.6 Å². The Morgan fingerprint density at radius 3 is 2.89 bits per heavy atom. The second-order valence-electron chi connectivity index (χ2n) is 4.39. The minimum Gasteiger partial charge on any atom is -0.357 e. The lowest BCUT2D eigenvalue weighted by Crippen LogP contribution is -2.45. The smallest absolute Gasteiger partial charge is 0.255 e. The third-order valence-electron chi connectivity index (χ3n) is 3.22. The number of hydrogen-bond acceptors (Lipinski definition) is 2. The number of hydrogen-bond donors (Lipinski definition) is 1. The minimum absolute atomic E-state index is 0.0866.